The molecule has 0 aromatic heterocycles. The molecule has 0 rings (SSSR count). The zero-order valence-corrected chi connectivity index (χ0v) is 10.9. The molecule has 0 aromatic carbocycles. The maximum absolute atomic E-state index is 11.3. The molecule has 3 nitrogen and oxygen atoms in total. The van der Waals surface area contributed by atoms with Crippen molar-refractivity contribution in [2.24, 2.45) is 5.73 Å². The monoisotopic (exact) mass is 240 g/mol. The molecule has 14 heavy (non-hydrogen) atoms. The summed E-state index contributed by atoms with van der Waals surface area (Å²) in [7, 11) is 0. The van der Waals surface area contributed by atoms with Crippen LogP contribution < -0.4 is 11.1 Å². The Labute approximate surface area is 97.0 Å². The fourth-order valence-electron chi connectivity index (χ4n) is 0.657. The number of nitrogens with two attached hydrogens (primary N) is 1. The lowest BCUT2D eigenvalue weighted by atomic mass is 10.3. The lowest BCUT2D eigenvalue weighted by Gasteiger charge is -2.18. The number of rotatable bonds is 4. The third kappa shape index (κ3) is 10.2. The van der Waals surface area contributed by atoms with Crippen molar-refractivity contribution >= 4 is 30.1 Å². The van der Waals surface area contributed by atoms with Crippen LogP contribution in [0.4, 0.5) is 0 Å². The van der Waals surface area contributed by atoms with Gasteiger partial charge in [0.05, 0.1) is 5.75 Å². The van der Waals surface area contributed by atoms with Gasteiger partial charge in [0.1, 0.15) is 0 Å². The SMILES string of the molecule is C[C@@H](CN)NC(=O)CSC(C)(C)C.Cl. The van der Waals surface area contributed by atoms with Crippen molar-refractivity contribution in [3.63, 3.8) is 0 Å². The molecule has 0 aliphatic rings. The van der Waals surface area contributed by atoms with Crippen molar-refractivity contribution in [1.29, 1.82) is 0 Å². The minimum atomic E-state index is 0. The molecule has 1 atom stereocenters. The molecule has 0 unspecified atom stereocenters. The summed E-state index contributed by atoms with van der Waals surface area (Å²) in [6.07, 6.45) is 0. The second-order valence-corrected chi connectivity index (χ2v) is 5.91. The van der Waals surface area contributed by atoms with Gasteiger partial charge < -0.3 is 11.1 Å². The molecule has 0 radical (unpaired) electrons. The Morgan fingerprint density at radius 1 is 1.50 bits per heavy atom. The van der Waals surface area contributed by atoms with Crippen molar-refractivity contribution in [1.82, 2.24) is 5.32 Å². The van der Waals surface area contributed by atoms with Crippen LogP contribution in [0.15, 0.2) is 0 Å². The number of nitrogens with one attached hydrogen (secondary N) is 1. The molecule has 5 heteroatoms. The fraction of sp³-hybridized carbons (Fsp3) is 0.889. The van der Waals surface area contributed by atoms with E-state index in [1.165, 1.54) is 0 Å². The minimum Gasteiger partial charge on any atom is -0.352 e. The number of carbonyl (C=O) groups is 1. The lowest BCUT2D eigenvalue weighted by molar-refractivity contribution is -0.119. The Morgan fingerprint density at radius 3 is 2.36 bits per heavy atom. The largest absolute Gasteiger partial charge is 0.352 e. The molecule has 0 fully saturated rings. The fourth-order valence-corrected chi connectivity index (χ4v) is 1.30. The summed E-state index contributed by atoms with van der Waals surface area (Å²) in [5.74, 6) is 0.575. The lowest BCUT2D eigenvalue weighted by Crippen LogP contribution is -2.39. The van der Waals surface area contributed by atoms with Gasteiger partial charge in [-0.25, -0.2) is 0 Å². The van der Waals surface area contributed by atoms with Crippen LogP contribution in [-0.4, -0.2) is 29.0 Å². The van der Waals surface area contributed by atoms with E-state index in [9.17, 15) is 4.79 Å². The topological polar surface area (TPSA) is 55.1 Å². The van der Waals surface area contributed by atoms with Crippen LogP contribution in [0.5, 0.6) is 0 Å². The molecule has 0 heterocycles. The predicted octanol–water partition coefficient (Wildman–Crippen LogP) is 1.40. The summed E-state index contributed by atoms with van der Waals surface area (Å²) < 4.78 is 0.142. The van der Waals surface area contributed by atoms with Gasteiger partial charge in [-0.2, -0.15) is 0 Å². The second-order valence-electron chi connectivity index (χ2n) is 4.11. The molecule has 0 aliphatic carbocycles. The van der Waals surface area contributed by atoms with E-state index in [1.807, 2.05) is 6.92 Å². The summed E-state index contributed by atoms with van der Waals surface area (Å²) in [6.45, 7) is 8.68. The predicted molar refractivity (Wildman–Crippen MR) is 66.1 cm³/mol. The Hall–Kier alpha value is 0.0700. The maximum Gasteiger partial charge on any atom is 0.230 e. The number of thioether (sulfide) groups is 1. The Balaban J connectivity index is 0. The smallest absolute Gasteiger partial charge is 0.230 e. The first kappa shape index (κ1) is 16.5. The van der Waals surface area contributed by atoms with Gasteiger partial charge in [0.2, 0.25) is 5.91 Å². The highest BCUT2D eigenvalue weighted by Gasteiger charge is 2.13. The molecule has 0 aromatic rings. The molecule has 0 spiro atoms. The van der Waals surface area contributed by atoms with Gasteiger partial charge in [-0.1, -0.05) is 20.8 Å². The van der Waals surface area contributed by atoms with E-state index < -0.39 is 0 Å². The van der Waals surface area contributed by atoms with Crippen LogP contribution in [0.2, 0.25) is 0 Å². The highest BCUT2D eigenvalue weighted by atomic mass is 35.5. The van der Waals surface area contributed by atoms with Gasteiger partial charge in [-0.15, -0.1) is 24.2 Å². The third-order valence-electron chi connectivity index (χ3n) is 1.40. The molecule has 3 N–H and O–H groups in total. The Kier molecular flexibility index (Phi) is 8.69. The Bertz CT molecular complexity index is 171. The number of amides is 1. The van der Waals surface area contributed by atoms with Crippen molar-refractivity contribution in [2.45, 2.75) is 38.5 Å². The molecule has 86 valence electrons. The van der Waals surface area contributed by atoms with Crippen LogP contribution in [-0.2, 0) is 4.79 Å². The molecular formula is C9H21ClN2OS. The van der Waals surface area contributed by atoms with Gasteiger partial charge in [0.25, 0.3) is 0 Å². The summed E-state index contributed by atoms with van der Waals surface area (Å²) in [4.78, 5) is 11.3. The summed E-state index contributed by atoms with van der Waals surface area (Å²) in [6, 6.07) is 0.0769. The summed E-state index contributed by atoms with van der Waals surface area (Å²) in [5, 5.41) is 2.82. The number of carbonyl (C=O) groups excluding carboxylic acids is 1. The Morgan fingerprint density at radius 2 is 2.00 bits per heavy atom. The highest BCUT2D eigenvalue weighted by molar-refractivity contribution is 8.01. The first-order chi connectivity index (χ1) is 5.85. The molecule has 1 amide bonds. The zero-order chi connectivity index (χ0) is 10.5. The van der Waals surface area contributed by atoms with Crippen LogP contribution in [0.25, 0.3) is 0 Å². The quantitative estimate of drug-likeness (QED) is 0.781. The van der Waals surface area contributed by atoms with E-state index in [4.69, 9.17) is 5.73 Å². The van der Waals surface area contributed by atoms with E-state index >= 15 is 0 Å². The van der Waals surface area contributed by atoms with Crippen LogP contribution >= 0.6 is 24.2 Å². The van der Waals surface area contributed by atoms with Crippen LogP contribution in [0.3, 0.4) is 0 Å². The van der Waals surface area contributed by atoms with Gasteiger partial charge in [0, 0.05) is 17.3 Å². The molecule has 0 saturated heterocycles. The van der Waals surface area contributed by atoms with Gasteiger partial charge in [-0.3, -0.25) is 4.79 Å². The number of halogens is 1. The standard InChI is InChI=1S/C9H20N2OS.ClH/c1-7(5-10)11-8(12)6-13-9(2,3)4;/h7H,5-6,10H2,1-4H3,(H,11,12);1H/t7-;/m0./s1. The maximum atomic E-state index is 11.3. The van der Waals surface area contributed by atoms with Crippen LogP contribution in [0, 0.1) is 0 Å². The first-order valence-corrected chi connectivity index (χ1v) is 5.47. The van der Waals surface area contributed by atoms with E-state index in [0.29, 0.717) is 12.3 Å². The van der Waals surface area contributed by atoms with Gasteiger partial charge in [0.15, 0.2) is 0 Å². The average Bonchev–Trinajstić information content (AvgIpc) is 1.99. The summed E-state index contributed by atoms with van der Waals surface area (Å²) in [5.41, 5.74) is 5.38. The first-order valence-electron chi connectivity index (χ1n) is 4.48. The molecule has 0 saturated carbocycles. The van der Waals surface area contributed by atoms with E-state index in [-0.39, 0.29) is 29.1 Å². The minimum absolute atomic E-state index is 0. The molecular weight excluding hydrogens is 220 g/mol. The number of hydrogen-bond donors (Lipinski definition) is 2. The second kappa shape index (κ2) is 7.37. The van der Waals surface area contributed by atoms with Crippen molar-refractivity contribution in [3.8, 4) is 0 Å². The number of hydrogen-bond acceptors (Lipinski definition) is 3. The zero-order valence-electron chi connectivity index (χ0n) is 9.29. The van der Waals surface area contributed by atoms with Crippen molar-refractivity contribution in [2.75, 3.05) is 12.3 Å². The molecule has 0 aliphatic heterocycles. The van der Waals surface area contributed by atoms with Crippen molar-refractivity contribution < 1.29 is 4.79 Å². The summed E-state index contributed by atoms with van der Waals surface area (Å²) >= 11 is 1.64. The third-order valence-corrected chi connectivity index (χ3v) is 2.67. The van der Waals surface area contributed by atoms with E-state index in [2.05, 4.69) is 26.1 Å². The van der Waals surface area contributed by atoms with Crippen LogP contribution in [0.1, 0.15) is 27.7 Å². The van der Waals surface area contributed by atoms with Crippen molar-refractivity contribution in [3.05, 3.63) is 0 Å². The van der Waals surface area contributed by atoms with E-state index in [1.54, 1.807) is 11.8 Å². The molecule has 0 bridgehead atoms. The average molecular weight is 241 g/mol. The van der Waals surface area contributed by atoms with Gasteiger partial charge >= 0.3 is 0 Å². The normalized spacial score (nSPS) is 12.9. The van der Waals surface area contributed by atoms with E-state index in [0.717, 1.165) is 0 Å². The van der Waals surface area contributed by atoms with Gasteiger partial charge in [-0.05, 0) is 6.92 Å². The highest BCUT2D eigenvalue weighted by Crippen LogP contribution is 2.22.